The summed E-state index contributed by atoms with van der Waals surface area (Å²) >= 11 is 1.37. The average molecular weight is 266 g/mol. The van der Waals surface area contributed by atoms with E-state index in [2.05, 4.69) is 10.6 Å². The fourth-order valence-corrected chi connectivity index (χ4v) is 2.52. The number of nitrogens with one attached hydrogen (secondary N) is 2. The van der Waals surface area contributed by atoms with Gasteiger partial charge in [-0.05, 0) is 43.6 Å². The van der Waals surface area contributed by atoms with Gasteiger partial charge in [-0.1, -0.05) is 0 Å². The van der Waals surface area contributed by atoms with Gasteiger partial charge in [0.25, 0.3) is 5.91 Å². The smallest absolute Gasteiger partial charge is 0.261 e. The zero-order valence-electron chi connectivity index (χ0n) is 10.3. The molecule has 0 bridgehead atoms. The van der Waals surface area contributed by atoms with Crippen LogP contribution in [0.3, 0.4) is 0 Å². The molecule has 0 saturated heterocycles. The lowest BCUT2D eigenvalue weighted by molar-refractivity contribution is 0.0954. The molecule has 18 heavy (non-hydrogen) atoms. The van der Waals surface area contributed by atoms with Gasteiger partial charge in [-0.3, -0.25) is 4.79 Å². The number of hydrogen-bond donors (Lipinski definition) is 2. The van der Waals surface area contributed by atoms with Crippen LogP contribution < -0.4 is 10.6 Å². The molecule has 1 aromatic heterocycles. The van der Waals surface area contributed by atoms with E-state index in [9.17, 15) is 9.18 Å². The molecule has 96 valence electrons. The molecule has 0 saturated carbocycles. The Bertz CT molecular complexity index is 567. The minimum Gasteiger partial charge on any atom is -0.350 e. The first-order chi connectivity index (χ1) is 8.60. The maximum absolute atomic E-state index is 13.0. The van der Waals surface area contributed by atoms with Gasteiger partial charge in [0.1, 0.15) is 5.82 Å². The second-order valence-corrected chi connectivity index (χ2v) is 5.28. The summed E-state index contributed by atoms with van der Waals surface area (Å²) in [4.78, 5) is 12.5. The molecule has 1 atom stereocenters. The summed E-state index contributed by atoms with van der Waals surface area (Å²) in [6.07, 6.45) is 0. The van der Waals surface area contributed by atoms with Crippen molar-refractivity contribution in [1.29, 1.82) is 0 Å². The highest BCUT2D eigenvalue weighted by Crippen LogP contribution is 2.26. The maximum Gasteiger partial charge on any atom is 0.261 e. The SMILES string of the molecule is CNC(C)CNC(=O)c1cc2cc(F)ccc2s1. The van der Waals surface area contributed by atoms with Crippen LogP contribution in [-0.2, 0) is 0 Å². The first-order valence-electron chi connectivity index (χ1n) is 5.74. The van der Waals surface area contributed by atoms with Gasteiger partial charge in [-0.25, -0.2) is 4.39 Å². The molecule has 1 aromatic carbocycles. The standard InChI is InChI=1S/C13H15FN2OS/c1-8(15-2)7-16-13(17)12-6-9-5-10(14)3-4-11(9)18-12/h3-6,8,15H,7H2,1-2H3,(H,16,17). The molecule has 2 rings (SSSR count). The number of carbonyl (C=O) groups excluding carboxylic acids is 1. The Balaban J connectivity index is 2.13. The maximum atomic E-state index is 13.0. The molecule has 5 heteroatoms. The zero-order valence-corrected chi connectivity index (χ0v) is 11.1. The van der Waals surface area contributed by atoms with Crippen LogP contribution in [0.4, 0.5) is 4.39 Å². The third-order valence-electron chi connectivity index (χ3n) is 2.76. The summed E-state index contributed by atoms with van der Waals surface area (Å²) in [5, 5.41) is 6.66. The minimum atomic E-state index is -0.281. The topological polar surface area (TPSA) is 41.1 Å². The van der Waals surface area contributed by atoms with Crippen LogP contribution in [-0.4, -0.2) is 25.5 Å². The van der Waals surface area contributed by atoms with E-state index in [0.717, 1.165) is 10.1 Å². The van der Waals surface area contributed by atoms with E-state index in [1.54, 1.807) is 12.1 Å². The van der Waals surface area contributed by atoms with E-state index in [1.807, 2.05) is 14.0 Å². The van der Waals surface area contributed by atoms with Crippen LogP contribution in [0.25, 0.3) is 10.1 Å². The molecule has 0 spiro atoms. The predicted molar refractivity (Wildman–Crippen MR) is 72.6 cm³/mol. The molecule has 0 aliphatic rings. The van der Waals surface area contributed by atoms with Gasteiger partial charge in [0.15, 0.2) is 0 Å². The van der Waals surface area contributed by atoms with Crippen molar-refractivity contribution in [2.24, 2.45) is 0 Å². The average Bonchev–Trinajstić information content (AvgIpc) is 2.78. The molecule has 2 N–H and O–H groups in total. The fraction of sp³-hybridized carbons (Fsp3) is 0.308. The summed E-state index contributed by atoms with van der Waals surface area (Å²) in [7, 11) is 1.85. The van der Waals surface area contributed by atoms with E-state index in [-0.39, 0.29) is 17.8 Å². The Morgan fingerprint density at radius 3 is 2.94 bits per heavy atom. The summed E-state index contributed by atoms with van der Waals surface area (Å²) in [5.41, 5.74) is 0. The predicted octanol–water partition coefficient (Wildman–Crippen LogP) is 2.38. The lowest BCUT2D eigenvalue weighted by atomic mass is 10.2. The molecular weight excluding hydrogens is 251 g/mol. The Labute approximate surface area is 109 Å². The Kier molecular flexibility index (Phi) is 3.93. The van der Waals surface area contributed by atoms with Crippen molar-refractivity contribution in [2.75, 3.05) is 13.6 Å². The van der Waals surface area contributed by atoms with E-state index in [1.165, 1.54) is 23.5 Å². The quantitative estimate of drug-likeness (QED) is 0.892. The highest BCUT2D eigenvalue weighted by molar-refractivity contribution is 7.20. The highest BCUT2D eigenvalue weighted by atomic mass is 32.1. The number of amides is 1. The number of thiophene rings is 1. The lowest BCUT2D eigenvalue weighted by Crippen LogP contribution is -2.36. The van der Waals surface area contributed by atoms with Crippen LogP contribution in [0.1, 0.15) is 16.6 Å². The summed E-state index contributed by atoms with van der Waals surface area (Å²) < 4.78 is 14.0. The van der Waals surface area contributed by atoms with Gasteiger partial charge in [0.05, 0.1) is 4.88 Å². The number of benzene rings is 1. The lowest BCUT2D eigenvalue weighted by Gasteiger charge is -2.10. The van der Waals surface area contributed by atoms with Crippen LogP contribution >= 0.6 is 11.3 Å². The second-order valence-electron chi connectivity index (χ2n) is 4.19. The monoisotopic (exact) mass is 266 g/mol. The minimum absolute atomic E-state index is 0.112. The first kappa shape index (κ1) is 13.0. The molecule has 1 unspecified atom stereocenters. The molecule has 2 aromatic rings. The van der Waals surface area contributed by atoms with Crippen molar-refractivity contribution in [3.8, 4) is 0 Å². The van der Waals surface area contributed by atoms with Gasteiger partial charge in [0, 0.05) is 17.3 Å². The summed E-state index contributed by atoms with van der Waals surface area (Å²) in [6.45, 7) is 2.55. The number of fused-ring (bicyclic) bond motifs is 1. The van der Waals surface area contributed by atoms with Gasteiger partial charge < -0.3 is 10.6 Å². The number of halogens is 1. The number of likely N-dealkylation sites (N-methyl/N-ethyl adjacent to an activating group) is 1. The highest BCUT2D eigenvalue weighted by Gasteiger charge is 2.11. The fourth-order valence-electron chi connectivity index (χ4n) is 1.56. The third kappa shape index (κ3) is 2.86. The molecule has 0 radical (unpaired) electrons. The number of carbonyl (C=O) groups is 1. The van der Waals surface area contributed by atoms with E-state index in [4.69, 9.17) is 0 Å². The molecule has 3 nitrogen and oxygen atoms in total. The van der Waals surface area contributed by atoms with E-state index in [0.29, 0.717) is 11.4 Å². The normalized spacial score (nSPS) is 12.6. The number of rotatable bonds is 4. The van der Waals surface area contributed by atoms with Crippen molar-refractivity contribution in [3.63, 3.8) is 0 Å². The second kappa shape index (κ2) is 5.46. The van der Waals surface area contributed by atoms with Crippen molar-refractivity contribution in [3.05, 3.63) is 35.0 Å². The molecule has 0 fully saturated rings. The third-order valence-corrected chi connectivity index (χ3v) is 3.88. The summed E-state index contributed by atoms with van der Waals surface area (Å²) in [5.74, 6) is -0.394. The van der Waals surface area contributed by atoms with E-state index < -0.39 is 0 Å². The van der Waals surface area contributed by atoms with Gasteiger partial charge in [-0.2, -0.15) is 0 Å². The van der Waals surface area contributed by atoms with Gasteiger partial charge in [0.2, 0.25) is 0 Å². The molecule has 0 aliphatic heterocycles. The van der Waals surface area contributed by atoms with Crippen molar-refractivity contribution >= 4 is 27.3 Å². The van der Waals surface area contributed by atoms with Crippen molar-refractivity contribution in [2.45, 2.75) is 13.0 Å². The number of hydrogen-bond acceptors (Lipinski definition) is 3. The molecule has 0 aliphatic carbocycles. The summed E-state index contributed by atoms with van der Waals surface area (Å²) in [6, 6.07) is 6.49. The molecule has 1 amide bonds. The van der Waals surface area contributed by atoms with Crippen LogP contribution in [0.2, 0.25) is 0 Å². The van der Waals surface area contributed by atoms with Gasteiger partial charge in [-0.15, -0.1) is 11.3 Å². The zero-order chi connectivity index (χ0) is 13.1. The Hall–Kier alpha value is -1.46. The van der Waals surface area contributed by atoms with Crippen molar-refractivity contribution < 1.29 is 9.18 Å². The Morgan fingerprint density at radius 1 is 1.44 bits per heavy atom. The largest absolute Gasteiger partial charge is 0.350 e. The van der Waals surface area contributed by atoms with Crippen LogP contribution in [0.15, 0.2) is 24.3 Å². The van der Waals surface area contributed by atoms with Crippen LogP contribution in [0, 0.1) is 5.82 Å². The van der Waals surface area contributed by atoms with E-state index >= 15 is 0 Å². The first-order valence-corrected chi connectivity index (χ1v) is 6.56. The molecule has 1 heterocycles. The van der Waals surface area contributed by atoms with Crippen LogP contribution in [0.5, 0.6) is 0 Å². The van der Waals surface area contributed by atoms with Crippen molar-refractivity contribution in [1.82, 2.24) is 10.6 Å². The molecular formula is C13H15FN2OS. The Morgan fingerprint density at radius 2 is 2.22 bits per heavy atom. The van der Waals surface area contributed by atoms with Gasteiger partial charge >= 0.3 is 0 Å².